The summed E-state index contributed by atoms with van der Waals surface area (Å²) in [5, 5.41) is 17.3. The molecule has 1 heterocycles. The monoisotopic (exact) mass is 169 g/mol. The van der Waals surface area contributed by atoms with Crippen LogP contribution in [0.25, 0.3) is 0 Å². The number of hydrogen-bond donors (Lipinski definition) is 3. The molecule has 1 aromatic rings. The Hall–Kier alpha value is -1.29. The Labute approximate surface area is 69.9 Å². The van der Waals surface area contributed by atoms with E-state index >= 15 is 0 Å². The van der Waals surface area contributed by atoms with Gasteiger partial charge in [-0.1, -0.05) is 0 Å². The fourth-order valence-corrected chi connectivity index (χ4v) is 0.939. The quantitative estimate of drug-likeness (QED) is 0.610. The molecule has 0 aromatic carbocycles. The lowest BCUT2D eigenvalue weighted by atomic mass is 10.1. The van der Waals surface area contributed by atoms with E-state index in [1.165, 1.54) is 0 Å². The van der Waals surface area contributed by atoms with Crippen LogP contribution in [0, 0.1) is 0 Å². The molecule has 66 valence electrons. The predicted molar refractivity (Wildman–Crippen MR) is 42.8 cm³/mol. The third-order valence-corrected chi connectivity index (χ3v) is 1.63. The molecular weight excluding hydrogens is 158 g/mol. The molecule has 1 rings (SSSR count). The highest BCUT2D eigenvalue weighted by Gasteiger charge is 2.12. The molecule has 0 amide bonds. The van der Waals surface area contributed by atoms with Gasteiger partial charge in [0.15, 0.2) is 6.10 Å². The van der Waals surface area contributed by atoms with Gasteiger partial charge in [0.1, 0.15) is 0 Å². The lowest BCUT2D eigenvalue weighted by molar-refractivity contribution is -0.146. The van der Waals surface area contributed by atoms with Crippen LogP contribution in [0.5, 0.6) is 0 Å². The minimum Gasteiger partial charge on any atom is -0.479 e. The van der Waals surface area contributed by atoms with E-state index in [1.807, 2.05) is 12.1 Å². The third kappa shape index (κ3) is 2.39. The number of carboxylic acids is 1. The van der Waals surface area contributed by atoms with E-state index in [4.69, 9.17) is 10.2 Å². The number of H-pyrrole nitrogens is 1. The van der Waals surface area contributed by atoms with E-state index in [2.05, 4.69) is 4.98 Å². The van der Waals surface area contributed by atoms with E-state index < -0.39 is 12.1 Å². The zero-order valence-corrected chi connectivity index (χ0v) is 6.53. The number of aliphatic hydroxyl groups is 1. The minimum atomic E-state index is -1.26. The van der Waals surface area contributed by atoms with Crippen molar-refractivity contribution in [1.29, 1.82) is 0 Å². The van der Waals surface area contributed by atoms with Gasteiger partial charge in [0.05, 0.1) is 0 Å². The Morgan fingerprint density at radius 1 is 1.67 bits per heavy atom. The van der Waals surface area contributed by atoms with Crippen molar-refractivity contribution < 1.29 is 15.0 Å². The summed E-state index contributed by atoms with van der Waals surface area (Å²) in [6, 6.07) is 3.69. The van der Waals surface area contributed by atoms with Crippen LogP contribution >= 0.6 is 0 Å². The van der Waals surface area contributed by atoms with Gasteiger partial charge in [-0.15, -0.1) is 0 Å². The first-order valence-electron chi connectivity index (χ1n) is 3.73. The lowest BCUT2D eigenvalue weighted by Gasteiger charge is -2.02. The number of rotatable bonds is 4. The van der Waals surface area contributed by atoms with Crippen molar-refractivity contribution in [2.24, 2.45) is 0 Å². The summed E-state index contributed by atoms with van der Waals surface area (Å²) in [7, 11) is 0. The van der Waals surface area contributed by atoms with Crippen molar-refractivity contribution in [2.45, 2.75) is 18.9 Å². The van der Waals surface area contributed by atoms with Gasteiger partial charge >= 0.3 is 5.97 Å². The number of aryl methyl sites for hydroxylation is 1. The van der Waals surface area contributed by atoms with Crippen molar-refractivity contribution in [2.75, 3.05) is 0 Å². The molecular formula is C8H11NO3. The van der Waals surface area contributed by atoms with Crippen LogP contribution in [-0.4, -0.2) is 27.3 Å². The van der Waals surface area contributed by atoms with E-state index in [-0.39, 0.29) is 6.42 Å². The number of hydrogen-bond acceptors (Lipinski definition) is 2. The van der Waals surface area contributed by atoms with Gasteiger partial charge in [-0.2, -0.15) is 0 Å². The second kappa shape index (κ2) is 3.92. The summed E-state index contributed by atoms with van der Waals surface area (Å²) < 4.78 is 0. The first-order valence-corrected chi connectivity index (χ1v) is 3.73. The molecule has 0 radical (unpaired) electrons. The van der Waals surface area contributed by atoms with Gasteiger partial charge < -0.3 is 15.2 Å². The highest BCUT2D eigenvalue weighted by atomic mass is 16.4. The summed E-state index contributed by atoms with van der Waals surface area (Å²) >= 11 is 0. The SMILES string of the molecule is O=C(O)C(O)CCc1ccc[nH]1. The van der Waals surface area contributed by atoms with E-state index in [0.717, 1.165) is 5.69 Å². The number of aromatic amines is 1. The molecule has 0 aliphatic rings. The van der Waals surface area contributed by atoms with E-state index in [9.17, 15) is 4.79 Å². The number of carbonyl (C=O) groups is 1. The summed E-state index contributed by atoms with van der Waals surface area (Å²) in [4.78, 5) is 13.1. The zero-order chi connectivity index (χ0) is 8.97. The summed E-state index contributed by atoms with van der Waals surface area (Å²) in [5.74, 6) is -1.17. The normalized spacial score (nSPS) is 12.8. The van der Waals surface area contributed by atoms with Crippen LogP contribution in [0.3, 0.4) is 0 Å². The standard InChI is InChI=1S/C8H11NO3/c10-7(8(11)12)4-3-6-2-1-5-9-6/h1-2,5,7,9-10H,3-4H2,(H,11,12). The molecule has 3 N–H and O–H groups in total. The molecule has 4 nitrogen and oxygen atoms in total. The zero-order valence-electron chi connectivity index (χ0n) is 6.53. The third-order valence-electron chi connectivity index (χ3n) is 1.63. The Morgan fingerprint density at radius 3 is 2.92 bits per heavy atom. The molecule has 0 fully saturated rings. The van der Waals surface area contributed by atoms with Crippen molar-refractivity contribution in [3.8, 4) is 0 Å². The Morgan fingerprint density at radius 2 is 2.42 bits per heavy atom. The fourth-order valence-electron chi connectivity index (χ4n) is 0.939. The predicted octanol–water partition coefficient (Wildman–Crippen LogP) is 0.393. The van der Waals surface area contributed by atoms with Crippen LogP contribution in [0.4, 0.5) is 0 Å². The number of carboxylic acid groups (broad SMARTS) is 1. The largest absolute Gasteiger partial charge is 0.479 e. The Balaban J connectivity index is 2.31. The van der Waals surface area contributed by atoms with Crippen LogP contribution < -0.4 is 0 Å². The number of aromatic nitrogens is 1. The van der Waals surface area contributed by atoms with Crippen LogP contribution in [0.15, 0.2) is 18.3 Å². The van der Waals surface area contributed by atoms with Crippen LogP contribution in [-0.2, 0) is 11.2 Å². The molecule has 4 heteroatoms. The van der Waals surface area contributed by atoms with Crippen molar-refractivity contribution in [1.82, 2.24) is 4.98 Å². The van der Waals surface area contributed by atoms with E-state index in [1.54, 1.807) is 6.20 Å². The van der Waals surface area contributed by atoms with Gasteiger partial charge in [0.2, 0.25) is 0 Å². The van der Waals surface area contributed by atoms with Crippen LogP contribution in [0.1, 0.15) is 12.1 Å². The summed E-state index contributed by atoms with van der Waals surface area (Å²) in [6.07, 6.45) is 1.31. The molecule has 12 heavy (non-hydrogen) atoms. The Kier molecular flexibility index (Phi) is 2.88. The second-order valence-electron chi connectivity index (χ2n) is 2.59. The van der Waals surface area contributed by atoms with Gasteiger partial charge in [0, 0.05) is 11.9 Å². The molecule has 0 aliphatic heterocycles. The lowest BCUT2D eigenvalue weighted by Crippen LogP contribution is -2.19. The smallest absolute Gasteiger partial charge is 0.332 e. The highest BCUT2D eigenvalue weighted by molar-refractivity contribution is 5.71. The van der Waals surface area contributed by atoms with Gasteiger partial charge in [-0.25, -0.2) is 4.79 Å². The number of aliphatic hydroxyl groups excluding tert-OH is 1. The first-order chi connectivity index (χ1) is 5.70. The molecule has 1 atom stereocenters. The van der Waals surface area contributed by atoms with Crippen molar-refractivity contribution in [3.63, 3.8) is 0 Å². The van der Waals surface area contributed by atoms with E-state index in [0.29, 0.717) is 6.42 Å². The molecule has 0 saturated carbocycles. The average Bonchev–Trinajstić information content (AvgIpc) is 2.51. The topological polar surface area (TPSA) is 73.3 Å². The maximum atomic E-state index is 10.2. The molecule has 1 aromatic heterocycles. The Bertz CT molecular complexity index is 243. The molecule has 1 unspecified atom stereocenters. The summed E-state index contributed by atoms with van der Waals surface area (Å²) in [5.41, 5.74) is 0.940. The molecule has 0 aliphatic carbocycles. The van der Waals surface area contributed by atoms with Gasteiger partial charge in [-0.3, -0.25) is 0 Å². The molecule has 0 spiro atoms. The first kappa shape index (κ1) is 8.80. The van der Waals surface area contributed by atoms with Gasteiger partial charge in [0.25, 0.3) is 0 Å². The highest BCUT2D eigenvalue weighted by Crippen LogP contribution is 2.02. The average molecular weight is 169 g/mol. The fraction of sp³-hybridized carbons (Fsp3) is 0.375. The number of aliphatic carboxylic acids is 1. The molecule has 0 bridgehead atoms. The van der Waals surface area contributed by atoms with Gasteiger partial charge in [-0.05, 0) is 25.0 Å². The van der Waals surface area contributed by atoms with Crippen molar-refractivity contribution >= 4 is 5.97 Å². The van der Waals surface area contributed by atoms with Crippen LogP contribution in [0.2, 0.25) is 0 Å². The van der Waals surface area contributed by atoms with Crippen molar-refractivity contribution in [3.05, 3.63) is 24.0 Å². The molecule has 0 saturated heterocycles. The minimum absolute atomic E-state index is 0.246. The summed E-state index contributed by atoms with van der Waals surface area (Å²) in [6.45, 7) is 0. The maximum absolute atomic E-state index is 10.2. The number of nitrogens with one attached hydrogen (secondary N) is 1. The second-order valence-corrected chi connectivity index (χ2v) is 2.59. The maximum Gasteiger partial charge on any atom is 0.332 e.